The summed E-state index contributed by atoms with van der Waals surface area (Å²) in [7, 11) is 1.46. The third-order valence-corrected chi connectivity index (χ3v) is 8.38. The van der Waals surface area contributed by atoms with Crippen LogP contribution in [0.1, 0.15) is 41.7 Å². The number of halogens is 3. The molecule has 2 saturated heterocycles. The van der Waals surface area contributed by atoms with Crippen molar-refractivity contribution in [2.45, 2.75) is 50.6 Å². The van der Waals surface area contributed by atoms with Gasteiger partial charge in [0.25, 0.3) is 5.91 Å². The molecule has 3 amide bonds. The third kappa shape index (κ3) is 7.47. The zero-order chi connectivity index (χ0) is 32.1. The van der Waals surface area contributed by atoms with E-state index >= 15 is 0 Å². The molecule has 2 aliphatic heterocycles. The van der Waals surface area contributed by atoms with Crippen molar-refractivity contribution in [3.05, 3.63) is 65.9 Å². The fourth-order valence-corrected chi connectivity index (χ4v) is 5.95. The number of nitrogens with zero attached hydrogens (tertiary/aromatic N) is 1. The van der Waals surface area contributed by atoms with Gasteiger partial charge in [0.15, 0.2) is 5.78 Å². The quantitative estimate of drug-likeness (QED) is 0.297. The number of methoxy groups -OCH3 is 1. The van der Waals surface area contributed by atoms with E-state index < -0.39 is 60.7 Å². The molecular weight excluding hydrogens is 593 g/mol. The first-order valence-corrected chi connectivity index (χ1v) is 14.8. The Labute approximate surface area is 257 Å². The molecule has 2 aromatic carbocycles. The average Bonchev–Trinajstić information content (AvgIpc) is 3.68. The molecular formula is C32H35F3N4O6. The van der Waals surface area contributed by atoms with E-state index in [9.17, 15) is 32.3 Å². The minimum absolute atomic E-state index is 0.00376. The van der Waals surface area contributed by atoms with E-state index in [1.807, 2.05) is 30.3 Å². The maximum absolute atomic E-state index is 13.9. The van der Waals surface area contributed by atoms with E-state index in [0.29, 0.717) is 36.0 Å². The molecule has 4 unspecified atom stereocenters. The van der Waals surface area contributed by atoms with Crippen molar-refractivity contribution in [3.8, 4) is 5.75 Å². The summed E-state index contributed by atoms with van der Waals surface area (Å²) in [6.45, 7) is -0.483. The van der Waals surface area contributed by atoms with Crippen LogP contribution in [0.4, 0.5) is 13.2 Å². The van der Waals surface area contributed by atoms with Crippen LogP contribution in [0, 0.1) is 11.8 Å². The molecule has 10 nitrogen and oxygen atoms in total. The number of piperidine rings is 1. The Morgan fingerprint density at radius 2 is 1.89 bits per heavy atom. The molecule has 0 spiro atoms. The largest absolute Gasteiger partial charge is 0.496 e. The summed E-state index contributed by atoms with van der Waals surface area (Å²) < 4.78 is 52.7. The van der Waals surface area contributed by atoms with Gasteiger partial charge in [-0.2, -0.15) is 13.2 Å². The van der Waals surface area contributed by atoms with Gasteiger partial charge in [0.2, 0.25) is 11.8 Å². The van der Waals surface area contributed by atoms with Crippen LogP contribution in [0.25, 0.3) is 10.9 Å². The Morgan fingerprint density at radius 3 is 2.60 bits per heavy atom. The summed E-state index contributed by atoms with van der Waals surface area (Å²) in [6.07, 6.45) is -4.19. The molecule has 0 saturated carbocycles. The number of aromatic nitrogens is 1. The molecule has 2 fully saturated rings. The molecule has 3 heterocycles. The number of Topliss-reactive ketones (excluding diaryl/α,β-unsaturated/α-hetero) is 1. The summed E-state index contributed by atoms with van der Waals surface area (Å²) in [5.41, 5.74) is 1.36. The minimum atomic E-state index is -4.65. The second-order valence-electron chi connectivity index (χ2n) is 11.4. The zero-order valence-electron chi connectivity index (χ0n) is 24.7. The molecule has 45 heavy (non-hydrogen) atoms. The Kier molecular flexibility index (Phi) is 9.76. The van der Waals surface area contributed by atoms with Crippen LogP contribution in [-0.2, 0) is 25.7 Å². The lowest BCUT2D eigenvalue weighted by Gasteiger charge is -2.29. The number of nitrogens with one attached hydrogen (secondary N) is 3. The predicted molar refractivity (Wildman–Crippen MR) is 157 cm³/mol. The summed E-state index contributed by atoms with van der Waals surface area (Å²) in [6, 6.07) is 13.0. The van der Waals surface area contributed by atoms with Crippen LogP contribution in [0.3, 0.4) is 0 Å². The molecule has 2 aliphatic rings. The third-order valence-electron chi connectivity index (χ3n) is 8.38. The van der Waals surface area contributed by atoms with Gasteiger partial charge < -0.3 is 30.0 Å². The van der Waals surface area contributed by atoms with Gasteiger partial charge in [0.1, 0.15) is 24.1 Å². The highest BCUT2D eigenvalue weighted by molar-refractivity contribution is 6.02. The number of hydrogen-bond donors (Lipinski definition) is 3. The highest BCUT2D eigenvalue weighted by Crippen LogP contribution is 2.38. The maximum Gasteiger partial charge on any atom is 0.393 e. The van der Waals surface area contributed by atoms with Crippen LogP contribution in [0.5, 0.6) is 5.75 Å². The molecule has 3 aromatic rings. The van der Waals surface area contributed by atoms with Crippen LogP contribution in [-0.4, -0.2) is 78.5 Å². The minimum Gasteiger partial charge on any atom is -0.496 e. The molecule has 240 valence electrons. The Balaban J connectivity index is 1.36. The lowest BCUT2D eigenvalue weighted by molar-refractivity contribution is -0.170. The van der Waals surface area contributed by atoms with Crippen molar-refractivity contribution in [1.82, 2.24) is 20.5 Å². The Morgan fingerprint density at radius 1 is 1.11 bits per heavy atom. The van der Waals surface area contributed by atoms with E-state index in [1.165, 1.54) is 13.2 Å². The number of ketones is 1. The number of alkyl halides is 3. The van der Waals surface area contributed by atoms with E-state index in [4.69, 9.17) is 9.47 Å². The molecule has 0 bridgehead atoms. The van der Waals surface area contributed by atoms with Crippen molar-refractivity contribution >= 4 is 34.4 Å². The summed E-state index contributed by atoms with van der Waals surface area (Å²) >= 11 is 0. The van der Waals surface area contributed by atoms with Crippen molar-refractivity contribution in [2.75, 3.05) is 26.8 Å². The van der Waals surface area contributed by atoms with E-state index in [0.717, 1.165) is 10.5 Å². The van der Waals surface area contributed by atoms with Gasteiger partial charge >= 0.3 is 6.18 Å². The number of likely N-dealkylation sites (tertiary alicyclic amines) is 1. The van der Waals surface area contributed by atoms with Crippen molar-refractivity contribution < 1.29 is 41.8 Å². The number of hydrogen-bond acceptors (Lipinski definition) is 6. The SMILES string of the molecule is COc1cccc2[nH]c(C(=O)N3CC(C(F)(F)F)CC3C(=O)NC(CC3CCCNC3=O)C(=O)COCc3ccccc3)cc12. The first kappa shape index (κ1) is 32.0. The Bertz CT molecular complexity index is 1540. The van der Waals surface area contributed by atoms with Crippen molar-refractivity contribution in [2.24, 2.45) is 11.8 Å². The van der Waals surface area contributed by atoms with Gasteiger partial charge in [-0.3, -0.25) is 19.2 Å². The fourth-order valence-electron chi connectivity index (χ4n) is 5.95. The number of carbonyl (C=O) groups excluding carboxylic acids is 4. The number of aromatic amines is 1. The van der Waals surface area contributed by atoms with Crippen LogP contribution in [0.15, 0.2) is 54.6 Å². The number of benzene rings is 2. The van der Waals surface area contributed by atoms with Crippen LogP contribution >= 0.6 is 0 Å². The van der Waals surface area contributed by atoms with Crippen molar-refractivity contribution in [3.63, 3.8) is 0 Å². The summed E-state index contributed by atoms with van der Waals surface area (Å²) in [5.74, 6) is -4.53. The smallest absolute Gasteiger partial charge is 0.393 e. The lowest BCUT2D eigenvalue weighted by atomic mass is 9.90. The standard InChI is InChI=1S/C32H35F3N4O6/c1-44-28-11-5-10-23-22(28)15-25(37-23)31(43)39-16-21(32(33,34)35)14-26(39)30(42)38-24(13-20-9-6-12-36-29(20)41)27(40)18-45-17-19-7-3-2-4-8-19/h2-5,7-8,10-11,15,20-21,24,26,37H,6,9,12-14,16-18H2,1H3,(H,36,41)(H,38,42). The topological polar surface area (TPSA) is 130 Å². The monoisotopic (exact) mass is 628 g/mol. The molecule has 3 N–H and O–H groups in total. The summed E-state index contributed by atoms with van der Waals surface area (Å²) in [4.78, 5) is 57.0. The van der Waals surface area contributed by atoms with Gasteiger partial charge in [-0.25, -0.2) is 0 Å². The van der Waals surface area contributed by atoms with Gasteiger partial charge in [-0.15, -0.1) is 0 Å². The van der Waals surface area contributed by atoms with Crippen molar-refractivity contribution in [1.29, 1.82) is 0 Å². The first-order chi connectivity index (χ1) is 21.5. The van der Waals surface area contributed by atoms with Crippen LogP contribution in [0.2, 0.25) is 0 Å². The van der Waals surface area contributed by atoms with Gasteiger partial charge in [0, 0.05) is 29.9 Å². The molecule has 0 radical (unpaired) electrons. The molecule has 5 rings (SSSR count). The number of rotatable bonds is 11. The first-order valence-electron chi connectivity index (χ1n) is 14.8. The highest BCUT2D eigenvalue weighted by Gasteiger charge is 2.51. The normalized spacial score (nSPS) is 20.9. The highest BCUT2D eigenvalue weighted by atomic mass is 19.4. The molecule has 4 atom stereocenters. The summed E-state index contributed by atoms with van der Waals surface area (Å²) in [5, 5.41) is 5.89. The van der Waals surface area contributed by atoms with Crippen LogP contribution < -0.4 is 15.4 Å². The molecule has 1 aromatic heterocycles. The number of ether oxygens (including phenoxy) is 2. The lowest BCUT2D eigenvalue weighted by Crippen LogP contribution is -2.53. The van der Waals surface area contributed by atoms with E-state index in [1.54, 1.807) is 18.2 Å². The maximum atomic E-state index is 13.9. The number of fused-ring (bicyclic) bond motifs is 1. The molecule has 13 heteroatoms. The number of amides is 3. The second kappa shape index (κ2) is 13.7. The van der Waals surface area contributed by atoms with Gasteiger partial charge in [-0.1, -0.05) is 36.4 Å². The average molecular weight is 629 g/mol. The fraction of sp³-hybridized carbons (Fsp3) is 0.438. The van der Waals surface area contributed by atoms with Gasteiger partial charge in [-0.05, 0) is 49.4 Å². The number of H-pyrrole nitrogens is 1. The number of carbonyl (C=O) groups is 4. The second-order valence-corrected chi connectivity index (χ2v) is 11.4. The van der Waals surface area contributed by atoms with Gasteiger partial charge in [0.05, 0.1) is 25.7 Å². The zero-order valence-corrected chi connectivity index (χ0v) is 24.7. The Hall–Kier alpha value is -4.39. The van der Waals surface area contributed by atoms with E-state index in [2.05, 4.69) is 15.6 Å². The predicted octanol–water partition coefficient (Wildman–Crippen LogP) is 3.76. The van der Waals surface area contributed by atoms with E-state index in [-0.39, 0.29) is 31.2 Å². The molecule has 0 aliphatic carbocycles.